The zero-order valence-electron chi connectivity index (χ0n) is 9.40. The Bertz CT molecular complexity index is 493. The molecule has 1 aliphatic rings. The fraction of sp³-hybridized carbons (Fsp3) is 0.143. The molecule has 82 valence electrons. The minimum absolute atomic E-state index is 0.770. The SMILES string of the molecule is Cc1ccc(N)cc1C1=C(N)CC=CC=C1. The molecule has 2 nitrogen and oxygen atoms in total. The van der Waals surface area contributed by atoms with Crippen molar-refractivity contribution in [1.29, 1.82) is 0 Å². The van der Waals surface area contributed by atoms with Gasteiger partial charge in [-0.2, -0.15) is 0 Å². The number of aryl methyl sites for hydroxylation is 1. The topological polar surface area (TPSA) is 52.0 Å². The van der Waals surface area contributed by atoms with Crippen molar-refractivity contribution < 1.29 is 0 Å². The Hall–Kier alpha value is -1.96. The van der Waals surface area contributed by atoms with Crippen molar-refractivity contribution in [3.05, 3.63) is 59.3 Å². The van der Waals surface area contributed by atoms with Gasteiger partial charge in [0.1, 0.15) is 0 Å². The van der Waals surface area contributed by atoms with Gasteiger partial charge in [-0.15, -0.1) is 0 Å². The van der Waals surface area contributed by atoms with E-state index < -0.39 is 0 Å². The summed E-state index contributed by atoms with van der Waals surface area (Å²) in [4.78, 5) is 0. The summed E-state index contributed by atoms with van der Waals surface area (Å²) in [5.74, 6) is 0. The van der Waals surface area contributed by atoms with Crippen molar-refractivity contribution in [1.82, 2.24) is 0 Å². The van der Waals surface area contributed by atoms with Crippen LogP contribution in [0.15, 0.2) is 48.2 Å². The normalized spacial score (nSPS) is 15.3. The predicted molar refractivity (Wildman–Crippen MR) is 69.6 cm³/mol. The van der Waals surface area contributed by atoms with Gasteiger partial charge in [0, 0.05) is 23.4 Å². The average Bonchev–Trinajstić information content (AvgIpc) is 2.47. The monoisotopic (exact) mass is 212 g/mol. The molecule has 0 atom stereocenters. The number of allylic oxidation sites excluding steroid dienone is 5. The quantitative estimate of drug-likeness (QED) is 0.703. The van der Waals surface area contributed by atoms with E-state index in [1.807, 2.05) is 36.4 Å². The van der Waals surface area contributed by atoms with Gasteiger partial charge in [-0.1, -0.05) is 30.4 Å². The molecule has 0 radical (unpaired) electrons. The zero-order chi connectivity index (χ0) is 11.5. The van der Waals surface area contributed by atoms with E-state index in [9.17, 15) is 0 Å². The van der Waals surface area contributed by atoms with Gasteiger partial charge < -0.3 is 11.5 Å². The van der Waals surface area contributed by atoms with Crippen LogP contribution in [0.2, 0.25) is 0 Å². The molecule has 16 heavy (non-hydrogen) atoms. The smallest absolute Gasteiger partial charge is 0.0320 e. The molecule has 0 saturated carbocycles. The van der Waals surface area contributed by atoms with Crippen LogP contribution in [0.5, 0.6) is 0 Å². The van der Waals surface area contributed by atoms with Crippen LogP contribution >= 0.6 is 0 Å². The first-order valence-corrected chi connectivity index (χ1v) is 5.37. The Kier molecular flexibility index (Phi) is 2.82. The minimum Gasteiger partial charge on any atom is -0.401 e. The first-order valence-electron chi connectivity index (χ1n) is 5.37. The second-order valence-electron chi connectivity index (χ2n) is 4.00. The fourth-order valence-electron chi connectivity index (χ4n) is 1.83. The lowest BCUT2D eigenvalue weighted by atomic mass is 9.97. The molecule has 2 heteroatoms. The van der Waals surface area contributed by atoms with Crippen molar-refractivity contribution in [2.24, 2.45) is 5.73 Å². The summed E-state index contributed by atoms with van der Waals surface area (Å²) in [6.07, 6.45) is 8.91. The molecule has 0 bridgehead atoms. The number of anilines is 1. The Morgan fingerprint density at radius 2 is 1.94 bits per heavy atom. The molecule has 2 rings (SSSR count). The molecule has 0 unspecified atom stereocenters. The third kappa shape index (κ3) is 2.01. The third-order valence-electron chi connectivity index (χ3n) is 2.75. The molecule has 0 aromatic heterocycles. The van der Waals surface area contributed by atoms with Gasteiger partial charge in [-0.3, -0.25) is 0 Å². The third-order valence-corrected chi connectivity index (χ3v) is 2.75. The van der Waals surface area contributed by atoms with Crippen LogP contribution in [0.1, 0.15) is 17.5 Å². The first-order chi connectivity index (χ1) is 7.68. The van der Waals surface area contributed by atoms with Gasteiger partial charge in [-0.05, 0) is 30.2 Å². The molecule has 1 aromatic carbocycles. The lowest BCUT2D eigenvalue weighted by Crippen LogP contribution is -2.01. The molecular formula is C14H16N2. The van der Waals surface area contributed by atoms with Crippen molar-refractivity contribution in [2.45, 2.75) is 13.3 Å². The van der Waals surface area contributed by atoms with Crippen LogP contribution in [0.4, 0.5) is 5.69 Å². The standard InChI is InChI=1S/C14H16N2/c1-10-7-8-11(15)9-13(10)12-5-3-2-4-6-14(12)16/h2-5,7-9H,6,15-16H2,1H3. The van der Waals surface area contributed by atoms with Gasteiger partial charge in [0.05, 0.1) is 0 Å². The molecule has 0 fully saturated rings. The molecule has 0 amide bonds. The molecule has 0 heterocycles. The van der Waals surface area contributed by atoms with Crippen LogP contribution in [-0.4, -0.2) is 0 Å². The summed E-state index contributed by atoms with van der Waals surface area (Å²) in [5, 5.41) is 0. The van der Waals surface area contributed by atoms with Gasteiger partial charge in [-0.25, -0.2) is 0 Å². The largest absolute Gasteiger partial charge is 0.401 e. The van der Waals surface area contributed by atoms with E-state index in [0.29, 0.717) is 0 Å². The first kappa shape index (κ1) is 10.6. The molecule has 4 N–H and O–H groups in total. The van der Waals surface area contributed by atoms with Crippen LogP contribution in [-0.2, 0) is 0 Å². The summed E-state index contributed by atoms with van der Waals surface area (Å²) in [6.45, 7) is 2.07. The molecule has 1 aromatic rings. The lowest BCUT2D eigenvalue weighted by molar-refractivity contribution is 1.17. The van der Waals surface area contributed by atoms with Gasteiger partial charge >= 0.3 is 0 Å². The number of benzene rings is 1. The van der Waals surface area contributed by atoms with Crippen molar-refractivity contribution in [3.63, 3.8) is 0 Å². The highest BCUT2D eigenvalue weighted by Gasteiger charge is 2.07. The van der Waals surface area contributed by atoms with Crippen LogP contribution in [0, 0.1) is 6.92 Å². The summed E-state index contributed by atoms with van der Waals surface area (Å²) in [7, 11) is 0. The van der Waals surface area contributed by atoms with E-state index in [2.05, 4.69) is 13.0 Å². The number of rotatable bonds is 1. The van der Waals surface area contributed by atoms with Crippen LogP contribution in [0.3, 0.4) is 0 Å². The summed E-state index contributed by atoms with van der Waals surface area (Å²) in [5.41, 5.74) is 16.9. The minimum atomic E-state index is 0.770. The summed E-state index contributed by atoms with van der Waals surface area (Å²) in [6, 6.07) is 5.92. The Morgan fingerprint density at radius 1 is 1.12 bits per heavy atom. The predicted octanol–water partition coefficient (Wildman–Crippen LogP) is 2.76. The van der Waals surface area contributed by atoms with Crippen molar-refractivity contribution >= 4 is 11.3 Å². The maximum absolute atomic E-state index is 6.07. The highest BCUT2D eigenvalue weighted by molar-refractivity contribution is 5.80. The Morgan fingerprint density at radius 3 is 2.75 bits per heavy atom. The number of nitrogens with two attached hydrogens (primary N) is 2. The summed E-state index contributed by atoms with van der Waals surface area (Å²) >= 11 is 0. The molecule has 0 aliphatic heterocycles. The fourth-order valence-corrected chi connectivity index (χ4v) is 1.83. The van der Waals surface area contributed by atoms with E-state index in [1.165, 1.54) is 5.56 Å². The van der Waals surface area contributed by atoms with E-state index in [1.54, 1.807) is 0 Å². The second kappa shape index (κ2) is 4.27. The maximum Gasteiger partial charge on any atom is 0.0320 e. The Balaban J connectivity index is 2.55. The lowest BCUT2D eigenvalue weighted by Gasteiger charge is -2.10. The van der Waals surface area contributed by atoms with Crippen molar-refractivity contribution in [2.75, 3.05) is 5.73 Å². The second-order valence-corrected chi connectivity index (χ2v) is 4.00. The van der Waals surface area contributed by atoms with E-state index >= 15 is 0 Å². The van der Waals surface area contributed by atoms with Gasteiger partial charge in [0.25, 0.3) is 0 Å². The number of nitrogen functional groups attached to an aromatic ring is 1. The van der Waals surface area contributed by atoms with Crippen LogP contribution in [0.25, 0.3) is 5.57 Å². The number of hydrogen-bond acceptors (Lipinski definition) is 2. The highest BCUT2D eigenvalue weighted by atomic mass is 14.6. The van der Waals surface area contributed by atoms with E-state index in [0.717, 1.165) is 28.9 Å². The molecule has 0 saturated heterocycles. The molecular weight excluding hydrogens is 196 g/mol. The molecule has 1 aliphatic carbocycles. The van der Waals surface area contributed by atoms with Gasteiger partial charge in [0.2, 0.25) is 0 Å². The zero-order valence-corrected chi connectivity index (χ0v) is 9.40. The van der Waals surface area contributed by atoms with E-state index in [-0.39, 0.29) is 0 Å². The van der Waals surface area contributed by atoms with Crippen molar-refractivity contribution in [3.8, 4) is 0 Å². The highest BCUT2D eigenvalue weighted by Crippen LogP contribution is 2.26. The van der Waals surface area contributed by atoms with Crippen LogP contribution < -0.4 is 11.5 Å². The van der Waals surface area contributed by atoms with E-state index in [4.69, 9.17) is 11.5 Å². The average molecular weight is 212 g/mol. The maximum atomic E-state index is 6.07. The Labute approximate surface area is 96.0 Å². The molecule has 0 spiro atoms. The number of hydrogen-bond donors (Lipinski definition) is 2. The summed E-state index contributed by atoms with van der Waals surface area (Å²) < 4.78 is 0. The van der Waals surface area contributed by atoms with Gasteiger partial charge in [0.15, 0.2) is 0 Å².